The fraction of sp³-hybridized carbons (Fsp3) is 0.429. The molecule has 0 amide bonds. The molecule has 5 nitrogen and oxygen atoms in total. The van der Waals surface area contributed by atoms with Crippen molar-refractivity contribution in [1.82, 2.24) is 19.7 Å². The van der Waals surface area contributed by atoms with E-state index in [2.05, 4.69) is 116 Å². The molecule has 2 N–H and O–H groups in total. The van der Waals surface area contributed by atoms with Crippen molar-refractivity contribution in [3.63, 3.8) is 0 Å². The fourth-order valence-electron chi connectivity index (χ4n) is 3.76. The molecule has 0 radical (unpaired) electrons. The fourth-order valence-corrected chi connectivity index (χ4v) is 3.76. The van der Waals surface area contributed by atoms with Gasteiger partial charge in [-0.15, -0.1) is 13.2 Å². The Morgan fingerprint density at radius 1 is 0.970 bits per heavy atom. The number of aliphatic hydroxyl groups is 1. The minimum atomic E-state index is 1.00. The van der Waals surface area contributed by atoms with Gasteiger partial charge < -0.3 is 19.9 Å². The predicted octanol–water partition coefficient (Wildman–Crippen LogP) is 4.43. The Bertz CT molecular complexity index is 898. The van der Waals surface area contributed by atoms with Crippen LogP contribution in [0.15, 0.2) is 67.9 Å². The number of fused-ring (bicyclic) bond motifs is 1. The van der Waals surface area contributed by atoms with E-state index in [1.807, 2.05) is 0 Å². The molecule has 1 saturated heterocycles. The molecule has 33 heavy (non-hydrogen) atoms. The first-order valence-corrected chi connectivity index (χ1v) is 11.6. The Kier molecular flexibility index (Phi) is 14.1. The molecule has 0 bridgehead atoms. The Morgan fingerprint density at radius 3 is 2.27 bits per heavy atom. The summed E-state index contributed by atoms with van der Waals surface area (Å²) < 4.78 is 0. The van der Waals surface area contributed by atoms with Gasteiger partial charge >= 0.3 is 0 Å². The lowest BCUT2D eigenvalue weighted by molar-refractivity contribution is 0.148. The molecule has 4 rings (SSSR count). The van der Waals surface area contributed by atoms with Gasteiger partial charge in [-0.2, -0.15) is 0 Å². The van der Waals surface area contributed by atoms with Crippen LogP contribution in [0.3, 0.4) is 0 Å². The molecule has 2 heterocycles. The molecule has 0 spiro atoms. The molecule has 3 aromatic rings. The smallest absolute Gasteiger partial charge is 0.0456 e. The number of piperazine rings is 1. The third-order valence-electron chi connectivity index (χ3n) is 5.59. The highest BCUT2D eigenvalue weighted by molar-refractivity contribution is 5.83. The average molecular weight is 453 g/mol. The molecule has 1 aliphatic heterocycles. The van der Waals surface area contributed by atoms with Crippen molar-refractivity contribution in [1.29, 1.82) is 0 Å². The number of likely N-dealkylation sites (N-methyl/N-ethyl adjacent to an activating group) is 2. The van der Waals surface area contributed by atoms with Gasteiger partial charge in [0.05, 0.1) is 0 Å². The van der Waals surface area contributed by atoms with Crippen molar-refractivity contribution in [3.05, 3.63) is 84.6 Å². The second-order valence-corrected chi connectivity index (χ2v) is 8.48. The standard InChI is InChI=1S/C13H20N2.C12H16N2.C2H4.CH4O/c1-12-4-3-5-13(10-12)11-15-8-6-14(2)7-9-15;1-14(2)8-7-10-9-13-12-6-4-3-5-11(10)12;2*1-2/h3-5,10H,6-9,11H2,1-2H3;3-6,9,13H,7-8H2,1-2H3;1-2H2;2H,1H3. The van der Waals surface area contributed by atoms with Crippen molar-refractivity contribution in [2.75, 3.05) is 61.0 Å². The van der Waals surface area contributed by atoms with E-state index in [1.54, 1.807) is 0 Å². The van der Waals surface area contributed by atoms with E-state index in [0.717, 1.165) is 26.6 Å². The Hall–Kier alpha value is -2.44. The number of aryl methyl sites for hydroxylation is 1. The van der Waals surface area contributed by atoms with Crippen LogP contribution >= 0.6 is 0 Å². The van der Waals surface area contributed by atoms with Crippen molar-refractivity contribution >= 4 is 10.9 Å². The summed E-state index contributed by atoms with van der Waals surface area (Å²) in [5.74, 6) is 0. The first-order valence-electron chi connectivity index (χ1n) is 11.6. The van der Waals surface area contributed by atoms with E-state index >= 15 is 0 Å². The SMILES string of the molecule is C=C.CN(C)CCc1c[nH]c2ccccc12.CO.Cc1cccc(CN2CCN(C)CC2)c1. The van der Waals surface area contributed by atoms with Crippen LogP contribution < -0.4 is 0 Å². The zero-order valence-corrected chi connectivity index (χ0v) is 21.3. The lowest BCUT2D eigenvalue weighted by Gasteiger charge is -2.32. The zero-order valence-electron chi connectivity index (χ0n) is 21.3. The monoisotopic (exact) mass is 452 g/mol. The summed E-state index contributed by atoms with van der Waals surface area (Å²) in [6, 6.07) is 17.3. The second-order valence-electron chi connectivity index (χ2n) is 8.48. The number of H-pyrrole nitrogens is 1. The third kappa shape index (κ3) is 10.4. The summed E-state index contributed by atoms with van der Waals surface area (Å²) in [5.41, 5.74) is 5.46. The lowest BCUT2D eigenvalue weighted by atomic mass is 10.1. The lowest BCUT2D eigenvalue weighted by Crippen LogP contribution is -2.43. The van der Waals surface area contributed by atoms with Gasteiger partial charge in [-0.3, -0.25) is 4.90 Å². The van der Waals surface area contributed by atoms with Crippen LogP contribution in [-0.4, -0.2) is 85.8 Å². The molecule has 182 valence electrons. The minimum Gasteiger partial charge on any atom is -0.400 e. The molecule has 0 atom stereocenters. The zero-order chi connectivity index (χ0) is 24.6. The molecule has 1 aliphatic rings. The number of hydrogen-bond donors (Lipinski definition) is 2. The maximum atomic E-state index is 7.00. The summed E-state index contributed by atoms with van der Waals surface area (Å²) in [5, 5.41) is 8.36. The van der Waals surface area contributed by atoms with E-state index in [1.165, 1.54) is 53.8 Å². The number of para-hydroxylation sites is 1. The highest BCUT2D eigenvalue weighted by Gasteiger charge is 2.13. The highest BCUT2D eigenvalue weighted by Crippen LogP contribution is 2.17. The van der Waals surface area contributed by atoms with Crippen molar-refractivity contribution in [3.8, 4) is 0 Å². The number of hydrogen-bond acceptors (Lipinski definition) is 4. The minimum absolute atomic E-state index is 1.00. The van der Waals surface area contributed by atoms with E-state index in [-0.39, 0.29) is 0 Å². The Morgan fingerprint density at radius 2 is 1.64 bits per heavy atom. The summed E-state index contributed by atoms with van der Waals surface area (Å²) in [4.78, 5) is 10.4. The number of aromatic nitrogens is 1. The largest absolute Gasteiger partial charge is 0.400 e. The number of rotatable bonds is 5. The van der Waals surface area contributed by atoms with Gasteiger partial charge in [0.25, 0.3) is 0 Å². The van der Waals surface area contributed by atoms with Crippen LogP contribution in [0.25, 0.3) is 10.9 Å². The van der Waals surface area contributed by atoms with Gasteiger partial charge in [0.15, 0.2) is 0 Å². The van der Waals surface area contributed by atoms with Gasteiger partial charge in [0, 0.05) is 63.5 Å². The molecule has 2 aromatic carbocycles. The molecule has 5 heteroatoms. The van der Waals surface area contributed by atoms with Gasteiger partial charge in [0.2, 0.25) is 0 Å². The molecule has 1 fully saturated rings. The molecule has 0 unspecified atom stereocenters. The van der Waals surface area contributed by atoms with E-state index in [9.17, 15) is 0 Å². The van der Waals surface area contributed by atoms with Crippen LogP contribution in [0.4, 0.5) is 0 Å². The molecular formula is C28H44N4O. The van der Waals surface area contributed by atoms with E-state index in [4.69, 9.17) is 5.11 Å². The van der Waals surface area contributed by atoms with E-state index in [0.29, 0.717) is 0 Å². The molecule has 1 aromatic heterocycles. The topological polar surface area (TPSA) is 45.7 Å². The van der Waals surface area contributed by atoms with Crippen LogP contribution in [0.2, 0.25) is 0 Å². The number of benzene rings is 2. The van der Waals surface area contributed by atoms with Crippen molar-refractivity contribution < 1.29 is 5.11 Å². The number of nitrogens with one attached hydrogen (secondary N) is 1. The van der Waals surface area contributed by atoms with Gasteiger partial charge in [0.1, 0.15) is 0 Å². The molecular weight excluding hydrogens is 408 g/mol. The maximum Gasteiger partial charge on any atom is 0.0456 e. The average Bonchev–Trinajstić information content (AvgIpc) is 3.25. The van der Waals surface area contributed by atoms with Crippen LogP contribution in [0, 0.1) is 6.92 Å². The van der Waals surface area contributed by atoms with Crippen LogP contribution in [0.1, 0.15) is 16.7 Å². The first-order chi connectivity index (χ1) is 16.0. The summed E-state index contributed by atoms with van der Waals surface area (Å²) in [6.45, 7) is 15.2. The van der Waals surface area contributed by atoms with Crippen molar-refractivity contribution in [2.24, 2.45) is 0 Å². The quantitative estimate of drug-likeness (QED) is 0.563. The third-order valence-corrected chi connectivity index (χ3v) is 5.59. The normalized spacial score (nSPS) is 13.9. The Balaban J connectivity index is 0.000000288. The summed E-state index contributed by atoms with van der Waals surface area (Å²) in [6.07, 6.45) is 3.23. The Labute approximate surface area is 201 Å². The van der Waals surface area contributed by atoms with Gasteiger partial charge in [-0.1, -0.05) is 48.0 Å². The second kappa shape index (κ2) is 16.2. The maximum absolute atomic E-state index is 7.00. The summed E-state index contributed by atoms with van der Waals surface area (Å²) in [7, 11) is 7.41. The van der Waals surface area contributed by atoms with Gasteiger partial charge in [-0.25, -0.2) is 0 Å². The number of nitrogens with zero attached hydrogens (tertiary/aromatic N) is 3. The number of aromatic amines is 1. The highest BCUT2D eigenvalue weighted by atomic mass is 16.2. The first kappa shape index (κ1) is 28.6. The van der Waals surface area contributed by atoms with Crippen molar-refractivity contribution in [2.45, 2.75) is 19.9 Å². The van der Waals surface area contributed by atoms with Crippen LogP contribution in [-0.2, 0) is 13.0 Å². The van der Waals surface area contributed by atoms with Gasteiger partial charge in [-0.05, 0) is 51.7 Å². The number of aliphatic hydroxyl groups excluding tert-OH is 1. The van der Waals surface area contributed by atoms with Crippen LogP contribution in [0.5, 0.6) is 0 Å². The van der Waals surface area contributed by atoms with E-state index < -0.39 is 0 Å². The molecule has 0 aliphatic carbocycles. The predicted molar refractivity (Wildman–Crippen MR) is 144 cm³/mol. The molecule has 0 saturated carbocycles. The summed E-state index contributed by atoms with van der Waals surface area (Å²) >= 11 is 0.